The molecule has 30 heavy (non-hydrogen) atoms. The van der Waals surface area contributed by atoms with Crippen molar-refractivity contribution in [3.05, 3.63) is 71.6 Å². The topological polar surface area (TPSA) is 80.2 Å². The number of carbonyl (C=O) groups excluding carboxylic acids is 1. The molecule has 1 atom stereocenters. The van der Waals surface area contributed by atoms with Crippen molar-refractivity contribution >= 4 is 29.0 Å². The van der Waals surface area contributed by atoms with E-state index in [2.05, 4.69) is 25.4 Å². The Hall–Kier alpha value is -3.19. The van der Waals surface area contributed by atoms with Gasteiger partial charge in [0.2, 0.25) is 5.91 Å². The van der Waals surface area contributed by atoms with Gasteiger partial charge in [-0.15, -0.1) is 10.2 Å². The number of hydrogen-bond donors (Lipinski definition) is 1. The molecule has 7 nitrogen and oxygen atoms in total. The van der Waals surface area contributed by atoms with E-state index in [9.17, 15) is 4.79 Å². The van der Waals surface area contributed by atoms with Crippen LogP contribution in [0.15, 0.2) is 60.8 Å². The number of benzene rings is 1. The molecule has 0 spiro atoms. The normalized spacial score (nSPS) is 16.2. The number of amides is 1. The zero-order valence-corrected chi connectivity index (χ0v) is 17.1. The molecule has 3 heterocycles. The summed E-state index contributed by atoms with van der Waals surface area (Å²) in [6.07, 6.45) is 3.48. The average molecular weight is 424 g/mol. The lowest BCUT2D eigenvalue weighted by Crippen LogP contribution is -2.41. The molecular weight excluding hydrogens is 402 g/mol. The predicted molar refractivity (Wildman–Crippen MR) is 116 cm³/mol. The summed E-state index contributed by atoms with van der Waals surface area (Å²) in [7, 11) is 0. The number of nitrogens with one attached hydrogen (secondary N) is 1. The van der Waals surface area contributed by atoms with Crippen molar-refractivity contribution < 1.29 is 9.53 Å². The van der Waals surface area contributed by atoms with Crippen molar-refractivity contribution in [2.75, 3.05) is 23.3 Å². The van der Waals surface area contributed by atoms with Crippen LogP contribution in [0.1, 0.15) is 18.5 Å². The van der Waals surface area contributed by atoms with Gasteiger partial charge < -0.3 is 15.0 Å². The Bertz CT molecular complexity index is 984. The maximum atomic E-state index is 12.8. The van der Waals surface area contributed by atoms with Gasteiger partial charge in [-0.2, -0.15) is 0 Å². The molecule has 0 aliphatic carbocycles. The summed E-state index contributed by atoms with van der Waals surface area (Å²) in [4.78, 5) is 19.2. The molecule has 0 radical (unpaired) electrons. The summed E-state index contributed by atoms with van der Waals surface area (Å²) in [5, 5.41) is 11.4. The van der Waals surface area contributed by atoms with Crippen LogP contribution in [0, 0.1) is 5.92 Å². The summed E-state index contributed by atoms with van der Waals surface area (Å²) >= 11 is 5.82. The Morgan fingerprint density at radius 1 is 1.17 bits per heavy atom. The third-order valence-electron chi connectivity index (χ3n) is 4.95. The predicted octanol–water partition coefficient (Wildman–Crippen LogP) is 3.96. The van der Waals surface area contributed by atoms with Gasteiger partial charge in [0.25, 0.3) is 0 Å². The van der Waals surface area contributed by atoms with Crippen LogP contribution in [0.25, 0.3) is 0 Å². The fraction of sp³-hybridized carbons (Fsp3) is 0.273. The minimum atomic E-state index is -0.130. The molecule has 154 valence electrons. The first-order chi connectivity index (χ1) is 14.7. The lowest BCUT2D eigenvalue weighted by Gasteiger charge is -2.32. The van der Waals surface area contributed by atoms with Gasteiger partial charge in [-0.25, -0.2) is 0 Å². The molecule has 8 heteroatoms. The number of hydrogen-bond acceptors (Lipinski definition) is 6. The van der Waals surface area contributed by atoms with Crippen LogP contribution in [0.4, 0.5) is 11.5 Å². The van der Waals surface area contributed by atoms with E-state index in [0.29, 0.717) is 29.7 Å². The monoisotopic (exact) mass is 423 g/mol. The largest absolute Gasteiger partial charge is 0.487 e. The summed E-state index contributed by atoms with van der Waals surface area (Å²) < 4.78 is 5.80. The Morgan fingerprint density at radius 3 is 2.90 bits per heavy atom. The molecule has 1 amide bonds. The molecule has 1 saturated heterocycles. The number of pyridine rings is 1. The molecular formula is C22H22ClN5O2. The van der Waals surface area contributed by atoms with Crippen LogP contribution < -0.4 is 15.0 Å². The minimum absolute atomic E-state index is 0.0106. The van der Waals surface area contributed by atoms with Gasteiger partial charge in [-0.05, 0) is 49.2 Å². The number of ether oxygens (including phenoxy) is 1. The Labute approximate surface area is 180 Å². The van der Waals surface area contributed by atoms with Crippen molar-refractivity contribution in [2.45, 2.75) is 19.4 Å². The molecule has 1 aliphatic heterocycles. The molecule has 2 aromatic heterocycles. The van der Waals surface area contributed by atoms with Crippen LogP contribution in [-0.4, -0.2) is 34.2 Å². The highest BCUT2D eigenvalue weighted by atomic mass is 35.5. The molecule has 0 bridgehead atoms. The van der Waals surface area contributed by atoms with Crippen LogP contribution >= 0.6 is 11.6 Å². The maximum Gasteiger partial charge on any atom is 0.229 e. The first-order valence-corrected chi connectivity index (χ1v) is 10.2. The van der Waals surface area contributed by atoms with Crippen molar-refractivity contribution in [1.82, 2.24) is 15.2 Å². The van der Waals surface area contributed by atoms with E-state index >= 15 is 0 Å². The Kier molecular flexibility index (Phi) is 6.39. The first kappa shape index (κ1) is 20.1. The number of rotatable bonds is 6. The molecule has 0 unspecified atom stereocenters. The van der Waals surface area contributed by atoms with E-state index in [1.165, 1.54) is 0 Å². The van der Waals surface area contributed by atoms with Crippen molar-refractivity contribution in [3.63, 3.8) is 0 Å². The molecule has 3 aromatic rings. The highest BCUT2D eigenvalue weighted by Crippen LogP contribution is 2.24. The number of piperidine rings is 1. The summed E-state index contributed by atoms with van der Waals surface area (Å²) in [6.45, 7) is 1.81. The number of anilines is 2. The first-order valence-electron chi connectivity index (χ1n) is 9.85. The number of nitrogens with zero attached hydrogens (tertiary/aromatic N) is 4. The van der Waals surface area contributed by atoms with Gasteiger partial charge in [0.15, 0.2) is 11.0 Å². The zero-order chi connectivity index (χ0) is 20.8. The molecule has 1 fully saturated rings. The van der Waals surface area contributed by atoms with Crippen molar-refractivity contribution in [2.24, 2.45) is 5.92 Å². The molecule has 1 aromatic carbocycles. The Balaban J connectivity index is 1.35. The summed E-state index contributed by atoms with van der Waals surface area (Å²) in [6, 6.07) is 16.6. The average Bonchev–Trinajstić information content (AvgIpc) is 2.79. The summed E-state index contributed by atoms with van der Waals surface area (Å²) in [5.41, 5.74) is 1.56. The van der Waals surface area contributed by atoms with Gasteiger partial charge >= 0.3 is 0 Å². The smallest absolute Gasteiger partial charge is 0.229 e. The zero-order valence-electron chi connectivity index (χ0n) is 16.4. The van der Waals surface area contributed by atoms with Crippen LogP contribution in [-0.2, 0) is 11.4 Å². The second-order valence-corrected chi connectivity index (χ2v) is 7.51. The third kappa shape index (κ3) is 5.24. The molecule has 1 N–H and O–H groups in total. The Morgan fingerprint density at radius 2 is 2.10 bits per heavy atom. The molecule has 0 saturated carbocycles. The highest BCUT2D eigenvalue weighted by molar-refractivity contribution is 6.29. The van der Waals surface area contributed by atoms with Crippen LogP contribution in [0.5, 0.6) is 5.75 Å². The lowest BCUT2D eigenvalue weighted by molar-refractivity contribution is -0.120. The van der Waals surface area contributed by atoms with E-state index < -0.39 is 0 Å². The van der Waals surface area contributed by atoms with Gasteiger partial charge in [-0.3, -0.25) is 9.78 Å². The minimum Gasteiger partial charge on any atom is -0.487 e. The van der Waals surface area contributed by atoms with E-state index in [-0.39, 0.29) is 11.8 Å². The lowest BCUT2D eigenvalue weighted by atomic mass is 9.97. The number of carbonyl (C=O) groups is 1. The van der Waals surface area contributed by atoms with Gasteiger partial charge in [0.05, 0.1) is 11.6 Å². The van der Waals surface area contributed by atoms with Crippen LogP contribution in [0.3, 0.4) is 0 Å². The summed E-state index contributed by atoms with van der Waals surface area (Å²) in [5.74, 6) is 1.28. The maximum absolute atomic E-state index is 12.8. The third-order valence-corrected chi connectivity index (χ3v) is 5.15. The number of halogens is 1. The molecule has 1 aliphatic rings. The van der Waals surface area contributed by atoms with E-state index in [4.69, 9.17) is 16.3 Å². The SMILES string of the molecule is O=C(Nc1cccc(OCc2ccccn2)c1)[C@H]1CCCN(c2ccc(Cl)nn2)C1. The van der Waals surface area contributed by atoms with Gasteiger partial charge in [0.1, 0.15) is 12.4 Å². The highest BCUT2D eigenvalue weighted by Gasteiger charge is 2.26. The molecule has 4 rings (SSSR count). The second kappa shape index (κ2) is 9.54. The standard InChI is InChI=1S/C22H22ClN5O2/c23-20-9-10-21(27-26-20)28-12-4-5-16(14-28)22(29)25-17-7-3-8-19(13-17)30-15-18-6-1-2-11-24-18/h1-3,6-11,13,16H,4-5,12,14-15H2,(H,25,29)/t16-/m0/s1. The second-order valence-electron chi connectivity index (χ2n) is 7.13. The van der Waals surface area contributed by atoms with Crippen molar-refractivity contribution in [1.29, 1.82) is 0 Å². The fourth-order valence-electron chi connectivity index (χ4n) is 3.43. The van der Waals surface area contributed by atoms with E-state index in [1.54, 1.807) is 12.3 Å². The van der Waals surface area contributed by atoms with E-state index in [1.807, 2.05) is 48.5 Å². The van der Waals surface area contributed by atoms with Crippen molar-refractivity contribution in [3.8, 4) is 5.75 Å². The van der Waals surface area contributed by atoms with E-state index in [0.717, 1.165) is 30.9 Å². The van der Waals surface area contributed by atoms with Gasteiger partial charge in [-0.1, -0.05) is 23.7 Å². The fourth-order valence-corrected chi connectivity index (χ4v) is 3.53. The number of aromatic nitrogens is 3. The van der Waals surface area contributed by atoms with Crippen LogP contribution in [0.2, 0.25) is 5.15 Å². The quantitative estimate of drug-likeness (QED) is 0.646. The van der Waals surface area contributed by atoms with Gasteiger partial charge in [0, 0.05) is 31.0 Å².